The van der Waals surface area contributed by atoms with E-state index >= 15 is 0 Å². The minimum Gasteiger partial charge on any atom is -0.497 e. The van der Waals surface area contributed by atoms with Crippen molar-refractivity contribution >= 4 is 27.2 Å². The van der Waals surface area contributed by atoms with E-state index in [-0.39, 0.29) is 0 Å². The molecule has 1 aliphatic carbocycles. The van der Waals surface area contributed by atoms with E-state index < -0.39 is 0 Å². The quantitative estimate of drug-likeness (QED) is 0.389. The second-order valence-corrected chi connectivity index (χ2v) is 10.4. The topological polar surface area (TPSA) is 57.9 Å². The number of fused-ring (bicyclic) bond motifs is 1. The number of piperazine rings is 1. The number of rotatable bonds is 7. The summed E-state index contributed by atoms with van der Waals surface area (Å²) >= 11 is 1.69. The predicted octanol–water partition coefficient (Wildman–Crippen LogP) is 5.14. The Hall–Kier alpha value is -3.10. The molecule has 8 heteroatoms. The summed E-state index contributed by atoms with van der Waals surface area (Å²) in [6.45, 7) is 4.92. The Morgan fingerprint density at radius 1 is 1.00 bits per heavy atom. The molecule has 4 aromatic rings. The molecule has 1 aliphatic heterocycles. The first-order valence-electron chi connectivity index (χ1n) is 12.6. The Bertz CT molecular complexity index is 1270. The first kappa shape index (κ1) is 22.4. The van der Waals surface area contributed by atoms with E-state index in [1.165, 1.54) is 31.2 Å². The molecule has 35 heavy (non-hydrogen) atoms. The van der Waals surface area contributed by atoms with Gasteiger partial charge in [0.15, 0.2) is 5.82 Å². The molecular weight excluding hydrogens is 456 g/mol. The SMILES string of the molecule is COc1cccc(CN2CCN(c3nn4c(NC5CCCC5)c(-c5ccccc5)nc4s3)CC2)c1. The van der Waals surface area contributed by atoms with Crippen LogP contribution in [-0.2, 0) is 6.54 Å². The fourth-order valence-corrected chi connectivity index (χ4v) is 6.14. The summed E-state index contributed by atoms with van der Waals surface area (Å²) in [4.78, 5) is 10.9. The van der Waals surface area contributed by atoms with E-state index in [0.717, 1.165) is 65.6 Å². The Morgan fingerprint density at radius 2 is 1.80 bits per heavy atom. The van der Waals surface area contributed by atoms with Crippen molar-refractivity contribution in [3.8, 4) is 17.0 Å². The molecule has 7 nitrogen and oxygen atoms in total. The van der Waals surface area contributed by atoms with Crippen molar-refractivity contribution in [1.82, 2.24) is 19.5 Å². The molecule has 2 aromatic heterocycles. The Morgan fingerprint density at radius 3 is 2.57 bits per heavy atom. The van der Waals surface area contributed by atoms with Crippen molar-refractivity contribution in [1.29, 1.82) is 0 Å². The third kappa shape index (κ3) is 4.73. The average Bonchev–Trinajstić information content (AvgIpc) is 3.63. The molecule has 1 N–H and O–H groups in total. The van der Waals surface area contributed by atoms with Crippen molar-refractivity contribution in [2.24, 2.45) is 0 Å². The first-order valence-corrected chi connectivity index (χ1v) is 13.4. The van der Waals surface area contributed by atoms with Gasteiger partial charge in [0.25, 0.3) is 0 Å². The highest BCUT2D eigenvalue weighted by Crippen LogP contribution is 2.35. The summed E-state index contributed by atoms with van der Waals surface area (Å²) < 4.78 is 7.43. The molecule has 182 valence electrons. The molecule has 0 amide bonds. The van der Waals surface area contributed by atoms with Gasteiger partial charge in [-0.25, -0.2) is 4.98 Å². The molecule has 3 heterocycles. The summed E-state index contributed by atoms with van der Waals surface area (Å²) in [6, 6.07) is 19.3. The number of imidazole rings is 1. The van der Waals surface area contributed by atoms with Crippen LogP contribution in [-0.4, -0.2) is 58.8 Å². The maximum Gasteiger partial charge on any atom is 0.216 e. The van der Waals surface area contributed by atoms with Gasteiger partial charge in [-0.3, -0.25) is 4.90 Å². The number of hydrogen-bond acceptors (Lipinski definition) is 7. The van der Waals surface area contributed by atoms with Crippen molar-refractivity contribution < 1.29 is 4.74 Å². The Labute approximate surface area is 210 Å². The number of methoxy groups -OCH3 is 1. The van der Waals surface area contributed by atoms with Crippen LogP contribution in [0, 0.1) is 0 Å². The molecule has 6 rings (SSSR count). The van der Waals surface area contributed by atoms with Crippen LogP contribution < -0.4 is 15.0 Å². The van der Waals surface area contributed by atoms with E-state index in [0.29, 0.717) is 6.04 Å². The van der Waals surface area contributed by atoms with Gasteiger partial charge in [0.1, 0.15) is 11.4 Å². The van der Waals surface area contributed by atoms with Gasteiger partial charge in [-0.1, -0.05) is 66.6 Å². The molecule has 0 unspecified atom stereocenters. The smallest absolute Gasteiger partial charge is 0.216 e. The summed E-state index contributed by atoms with van der Waals surface area (Å²) in [5.74, 6) is 1.96. The van der Waals surface area contributed by atoms with Crippen LogP contribution in [0.5, 0.6) is 5.75 Å². The first-order chi connectivity index (χ1) is 17.3. The molecule has 0 bridgehead atoms. The highest BCUT2D eigenvalue weighted by Gasteiger charge is 2.25. The fourth-order valence-electron chi connectivity index (χ4n) is 5.18. The van der Waals surface area contributed by atoms with Crippen LogP contribution in [0.3, 0.4) is 0 Å². The largest absolute Gasteiger partial charge is 0.497 e. The van der Waals surface area contributed by atoms with Crippen LogP contribution in [0.15, 0.2) is 54.6 Å². The Balaban J connectivity index is 1.20. The molecule has 2 fully saturated rings. The number of nitrogens with one attached hydrogen (secondary N) is 1. The maximum atomic E-state index is 5.38. The van der Waals surface area contributed by atoms with Crippen LogP contribution in [0.25, 0.3) is 16.2 Å². The summed E-state index contributed by atoms with van der Waals surface area (Å²) in [7, 11) is 1.72. The predicted molar refractivity (Wildman–Crippen MR) is 143 cm³/mol. The van der Waals surface area contributed by atoms with E-state index in [2.05, 4.69) is 63.6 Å². The zero-order valence-corrected chi connectivity index (χ0v) is 21.0. The van der Waals surface area contributed by atoms with Crippen LogP contribution in [0.1, 0.15) is 31.2 Å². The molecule has 0 radical (unpaired) electrons. The number of aromatic nitrogens is 3. The number of anilines is 2. The lowest BCUT2D eigenvalue weighted by Gasteiger charge is -2.34. The van der Waals surface area contributed by atoms with E-state index in [9.17, 15) is 0 Å². The fraction of sp³-hybridized carbons (Fsp3) is 0.407. The monoisotopic (exact) mass is 488 g/mol. The lowest BCUT2D eigenvalue weighted by molar-refractivity contribution is 0.249. The maximum absolute atomic E-state index is 5.38. The van der Waals surface area contributed by atoms with Gasteiger partial charge >= 0.3 is 0 Å². The van der Waals surface area contributed by atoms with Gasteiger partial charge in [0.05, 0.1) is 7.11 Å². The van der Waals surface area contributed by atoms with E-state index in [4.69, 9.17) is 14.8 Å². The molecular formula is C27H32N6OS. The number of hydrogen-bond donors (Lipinski definition) is 1. The highest BCUT2D eigenvalue weighted by molar-refractivity contribution is 7.20. The Kier molecular flexibility index (Phi) is 6.31. The number of nitrogens with zero attached hydrogens (tertiary/aromatic N) is 5. The number of benzene rings is 2. The third-order valence-electron chi connectivity index (χ3n) is 7.12. The molecule has 2 aliphatic rings. The van der Waals surface area contributed by atoms with Gasteiger partial charge < -0.3 is 15.0 Å². The third-order valence-corrected chi connectivity index (χ3v) is 8.09. The second kappa shape index (κ2) is 9.87. The molecule has 1 saturated heterocycles. The van der Waals surface area contributed by atoms with Crippen LogP contribution in [0.4, 0.5) is 10.9 Å². The minimum absolute atomic E-state index is 0.502. The van der Waals surface area contributed by atoms with Gasteiger partial charge in [0.2, 0.25) is 10.1 Å². The zero-order valence-electron chi connectivity index (χ0n) is 20.2. The molecule has 1 saturated carbocycles. The normalized spacial score (nSPS) is 17.3. The molecule has 2 aromatic carbocycles. The van der Waals surface area contributed by atoms with Crippen molar-refractivity contribution in [3.05, 3.63) is 60.2 Å². The lowest BCUT2D eigenvalue weighted by atomic mass is 10.1. The van der Waals surface area contributed by atoms with Gasteiger partial charge in [-0.2, -0.15) is 4.52 Å². The summed E-state index contributed by atoms with van der Waals surface area (Å²) in [6.07, 6.45) is 5.02. The van der Waals surface area contributed by atoms with E-state index in [1.54, 1.807) is 18.4 Å². The average molecular weight is 489 g/mol. The van der Waals surface area contributed by atoms with Crippen molar-refractivity contribution in [2.45, 2.75) is 38.3 Å². The summed E-state index contributed by atoms with van der Waals surface area (Å²) in [5, 5.41) is 9.91. The van der Waals surface area contributed by atoms with Gasteiger partial charge in [-0.05, 0) is 30.5 Å². The summed E-state index contributed by atoms with van der Waals surface area (Å²) in [5.41, 5.74) is 3.44. The second-order valence-electron chi connectivity index (χ2n) is 9.49. The zero-order chi connectivity index (χ0) is 23.6. The van der Waals surface area contributed by atoms with Gasteiger partial charge in [-0.15, -0.1) is 5.10 Å². The molecule has 0 spiro atoms. The van der Waals surface area contributed by atoms with Crippen LogP contribution in [0.2, 0.25) is 0 Å². The van der Waals surface area contributed by atoms with Crippen molar-refractivity contribution in [3.63, 3.8) is 0 Å². The van der Waals surface area contributed by atoms with E-state index in [1.807, 2.05) is 10.6 Å². The highest BCUT2D eigenvalue weighted by atomic mass is 32.1. The molecule has 0 atom stereocenters. The standard InChI is InChI=1S/C27H32N6OS/c1-34-23-13-7-8-20(18-23)19-31-14-16-32(17-15-31)27-30-33-25(28-22-11-5-6-12-22)24(29-26(33)35-27)21-9-3-2-4-10-21/h2-4,7-10,13,18,22,28H,5-6,11-12,14-17,19H2,1H3. The van der Waals surface area contributed by atoms with Gasteiger partial charge in [0, 0.05) is 44.3 Å². The van der Waals surface area contributed by atoms with Crippen molar-refractivity contribution in [2.75, 3.05) is 43.5 Å². The minimum atomic E-state index is 0.502. The number of ether oxygens (including phenoxy) is 1. The lowest BCUT2D eigenvalue weighted by Crippen LogP contribution is -2.46. The van der Waals surface area contributed by atoms with Crippen LogP contribution >= 0.6 is 11.3 Å².